The van der Waals surface area contributed by atoms with Crippen LogP contribution in [0.1, 0.15) is 38.5 Å². The number of ether oxygens (including phenoxy) is 1. The van der Waals surface area contributed by atoms with Gasteiger partial charge >= 0.3 is 0 Å². The van der Waals surface area contributed by atoms with Gasteiger partial charge in [0.1, 0.15) is 5.75 Å². The van der Waals surface area contributed by atoms with Crippen molar-refractivity contribution in [3.8, 4) is 5.75 Å². The molecule has 0 aromatic heterocycles. The minimum Gasteiger partial charge on any atom is -0.488 e. The van der Waals surface area contributed by atoms with Crippen LogP contribution in [0.25, 0.3) is 0 Å². The second-order valence-corrected chi connectivity index (χ2v) is 7.16. The highest BCUT2D eigenvalue weighted by Gasteiger charge is 2.18. The summed E-state index contributed by atoms with van der Waals surface area (Å²) in [6.45, 7) is 0. The molecule has 0 bridgehead atoms. The lowest BCUT2D eigenvalue weighted by atomic mass is 10.1. The molecule has 1 saturated carbocycles. The molecule has 1 aromatic rings. The summed E-state index contributed by atoms with van der Waals surface area (Å²) in [5.74, 6) is 0.495. The predicted molar refractivity (Wildman–Crippen MR) is 76.1 cm³/mol. The first-order valence-electron chi connectivity index (χ1n) is 6.73. The monoisotopic (exact) mass is 283 g/mol. The van der Waals surface area contributed by atoms with E-state index >= 15 is 0 Å². The van der Waals surface area contributed by atoms with Crippen LogP contribution in [0.2, 0.25) is 0 Å². The van der Waals surface area contributed by atoms with Gasteiger partial charge in [0.05, 0.1) is 16.7 Å². The van der Waals surface area contributed by atoms with Gasteiger partial charge in [-0.15, -0.1) is 0 Å². The summed E-state index contributed by atoms with van der Waals surface area (Å²) in [6.07, 6.45) is 8.17. The Balaban J connectivity index is 2.21. The minimum atomic E-state index is -3.31. The lowest BCUT2D eigenvalue weighted by Gasteiger charge is -2.19. The maximum atomic E-state index is 11.6. The van der Waals surface area contributed by atoms with Crippen molar-refractivity contribution in [2.75, 3.05) is 12.0 Å². The van der Waals surface area contributed by atoms with Crippen LogP contribution in [0.15, 0.2) is 23.1 Å². The Bertz CT molecular complexity index is 532. The Hall–Kier alpha value is -1.23. The van der Waals surface area contributed by atoms with E-state index < -0.39 is 9.84 Å². The number of rotatable bonds is 3. The maximum Gasteiger partial charge on any atom is 0.177 e. The largest absolute Gasteiger partial charge is 0.488 e. The van der Waals surface area contributed by atoms with E-state index in [1.165, 1.54) is 18.9 Å². The molecule has 4 nitrogen and oxygen atoms in total. The van der Waals surface area contributed by atoms with Gasteiger partial charge in [-0.25, -0.2) is 8.42 Å². The summed E-state index contributed by atoms with van der Waals surface area (Å²) in [5.41, 5.74) is 6.15. The third-order valence-electron chi connectivity index (χ3n) is 3.52. The average molecular weight is 283 g/mol. The summed E-state index contributed by atoms with van der Waals surface area (Å²) in [6, 6.07) is 4.94. The molecule has 0 amide bonds. The Morgan fingerprint density at radius 2 is 1.79 bits per heavy atom. The number of benzene rings is 1. The van der Waals surface area contributed by atoms with Gasteiger partial charge in [-0.3, -0.25) is 0 Å². The van der Waals surface area contributed by atoms with E-state index in [4.69, 9.17) is 10.5 Å². The first-order valence-corrected chi connectivity index (χ1v) is 8.63. The summed E-state index contributed by atoms with van der Waals surface area (Å²) in [7, 11) is -3.31. The van der Waals surface area contributed by atoms with Gasteiger partial charge in [-0.1, -0.05) is 18.9 Å². The fourth-order valence-electron chi connectivity index (χ4n) is 2.49. The molecule has 0 saturated heterocycles. The SMILES string of the molecule is CS(=O)(=O)c1cccc(OC2CCCCCC2)c1N. The molecule has 2 N–H and O–H groups in total. The molecule has 0 radical (unpaired) electrons. The van der Waals surface area contributed by atoms with Gasteiger partial charge in [-0.05, 0) is 37.8 Å². The molecule has 2 rings (SSSR count). The van der Waals surface area contributed by atoms with E-state index in [1.54, 1.807) is 12.1 Å². The molecule has 5 heteroatoms. The van der Waals surface area contributed by atoms with Crippen LogP contribution in [0.5, 0.6) is 5.75 Å². The molecule has 1 aliphatic rings. The van der Waals surface area contributed by atoms with Crippen LogP contribution in [-0.2, 0) is 9.84 Å². The van der Waals surface area contributed by atoms with Crippen LogP contribution in [0.3, 0.4) is 0 Å². The topological polar surface area (TPSA) is 69.4 Å². The molecule has 0 aliphatic heterocycles. The molecule has 106 valence electrons. The van der Waals surface area contributed by atoms with E-state index in [1.807, 2.05) is 0 Å². The van der Waals surface area contributed by atoms with Crippen molar-refractivity contribution in [3.05, 3.63) is 18.2 Å². The van der Waals surface area contributed by atoms with Gasteiger partial charge in [0.2, 0.25) is 0 Å². The average Bonchev–Trinajstić information content (AvgIpc) is 2.59. The normalized spacial score (nSPS) is 17.9. The molecular weight excluding hydrogens is 262 g/mol. The van der Waals surface area contributed by atoms with Gasteiger partial charge in [-0.2, -0.15) is 0 Å². The van der Waals surface area contributed by atoms with Crippen molar-refractivity contribution in [3.63, 3.8) is 0 Å². The first kappa shape index (κ1) is 14.2. The van der Waals surface area contributed by atoms with Gasteiger partial charge in [0, 0.05) is 6.26 Å². The second kappa shape index (κ2) is 5.82. The molecule has 1 aliphatic carbocycles. The summed E-state index contributed by atoms with van der Waals surface area (Å²) in [4.78, 5) is 0.152. The van der Waals surface area contributed by atoms with Crippen LogP contribution in [-0.4, -0.2) is 20.8 Å². The standard InChI is InChI=1S/C14H21NO3S/c1-19(16,17)13-10-6-9-12(14(13)15)18-11-7-4-2-3-5-8-11/h6,9-11H,2-5,7-8,15H2,1H3. The molecule has 1 aromatic carbocycles. The van der Waals surface area contributed by atoms with Gasteiger partial charge in [0.15, 0.2) is 9.84 Å². The Morgan fingerprint density at radius 3 is 2.37 bits per heavy atom. The second-order valence-electron chi connectivity index (χ2n) is 5.17. The van der Waals surface area contributed by atoms with Crippen LogP contribution >= 0.6 is 0 Å². The van der Waals surface area contributed by atoms with Crippen LogP contribution < -0.4 is 10.5 Å². The smallest absolute Gasteiger partial charge is 0.177 e. The van der Waals surface area contributed by atoms with Crippen molar-refractivity contribution in [2.24, 2.45) is 0 Å². The van der Waals surface area contributed by atoms with Crippen LogP contribution in [0.4, 0.5) is 5.69 Å². The lowest BCUT2D eigenvalue weighted by molar-refractivity contribution is 0.184. The fraction of sp³-hybridized carbons (Fsp3) is 0.571. The Morgan fingerprint density at radius 1 is 1.16 bits per heavy atom. The zero-order valence-corrected chi connectivity index (χ0v) is 12.1. The molecular formula is C14H21NO3S. The third-order valence-corrected chi connectivity index (χ3v) is 4.68. The van der Waals surface area contributed by atoms with E-state index in [0.717, 1.165) is 31.9 Å². The van der Waals surface area contributed by atoms with Crippen molar-refractivity contribution < 1.29 is 13.2 Å². The van der Waals surface area contributed by atoms with Crippen molar-refractivity contribution >= 4 is 15.5 Å². The third kappa shape index (κ3) is 3.62. The van der Waals surface area contributed by atoms with Crippen molar-refractivity contribution in [2.45, 2.75) is 49.5 Å². The first-order chi connectivity index (χ1) is 8.98. The fourth-order valence-corrected chi connectivity index (χ4v) is 3.32. The van der Waals surface area contributed by atoms with Crippen LogP contribution in [0, 0.1) is 0 Å². The zero-order chi connectivity index (χ0) is 13.9. The molecule has 0 spiro atoms. The molecule has 19 heavy (non-hydrogen) atoms. The lowest BCUT2D eigenvalue weighted by Crippen LogP contribution is -2.16. The minimum absolute atomic E-state index is 0.152. The number of hydrogen-bond donors (Lipinski definition) is 1. The highest BCUT2D eigenvalue weighted by atomic mass is 32.2. The van der Waals surface area contributed by atoms with Gasteiger partial charge < -0.3 is 10.5 Å². The number of nitrogen functional groups attached to an aromatic ring is 1. The summed E-state index contributed by atoms with van der Waals surface area (Å²) in [5, 5.41) is 0. The highest BCUT2D eigenvalue weighted by molar-refractivity contribution is 7.90. The van der Waals surface area contributed by atoms with E-state index in [-0.39, 0.29) is 16.7 Å². The number of sulfone groups is 1. The molecule has 0 heterocycles. The predicted octanol–water partition coefficient (Wildman–Crippen LogP) is 2.77. The number of hydrogen-bond acceptors (Lipinski definition) is 4. The van der Waals surface area contributed by atoms with Crippen molar-refractivity contribution in [1.82, 2.24) is 0 Å². The zero-order valence-electron chi connectivity index (χ0n) is 11.3. The van der Waals surface area contributed by atoms with Gasteiger partial charge in [0.25, 0.3) is 0 Å². The van der Waals surface area contributed by atoms with Crippen molar-refractivity contribution in [1.29, 1.82) is 0 Å². The van der Waals surface area contributed by atoms with E-state index in [2.05, 4.69) is 0 Å². The quantitative estimate of drug-likeness (QED) is 0.684. The Labute approximate surface area is 114 Å². The summed E-state index contributed by atoms with van der Waals surface area (Å²) >= 11 is 0. The van der Waals surface area contributed by atoms with E-state index in [9.17, 15) is 8.42 Å². The molecule has 0 atom stereocenters. The maximum absolute atomic E-state index is 11.6. The molecule has 0 unspecified atom stereocenters. The Kier molecular flexibility index (Phi) is 4.34. The number of para-hydroxylation sites is 1. The number of nitrogens with two attached hydrogens (primary N) is 1. The summed E-state index contributed by atoms with van der Waals surface area (Å²) < 4.78 is 29.1. The highest BCUT2D eigenvalue weighted by Crippen LogP contribution is 2.31. The number of anilines is 1. The molecule has 1 fully saturated rings. The van der Waals surface area contributed by atoms with E-state index in [0.29, 0.717) is 5.75 Å².